The van der Waals surface area contributed by atoms with Crippen LogP contribution in [0.3, 0.4) is 0 Å². The second-order valence-electron chi connectivity index (χ2n) is 6.20. The van der Waals surface area contributed by atoms with Crippen LogP contribution in [0, 0.1) is 6.92 Å². The van der Waals surface area contributed by atoms with Gasteiger partial charge in [0, 0.05) is 30.2 Å². The predicted molar refractivity (Wildman–Crippen MR) is 109 cm³/mol. The SMILES string of the molecule is CCN(CC)S(=O)(=O)c1cc(C(=O)NCCc2ccc(Cl)cc2)ccc1C. The van der Waals surface area contributed by atoms with Crippen LogP contribution in [0.4, 0.5) is 0 Å². The normalized spacial score (nSPS) is 11.6. The van der Waals surface area contributed by atoms with E-state index in [1.165, 1.54) is 10.4 Å². The van der Waals surface area contributed by atoms with Crippen LogP contribution in [0.5, 0.6) is 0 Å². The molecule has 2 aromatic rings. The summed E-state index contributed by atoms with van der Waals surface area (Å²) in [5.74, 6) is -0.292. The number of nitrogens with one attached hydrogen (secondary N) is 1. The van der Waals surface area contributed by atoms with Crippen LogP contribution in [0.2, 0.25) is 5.02 Å². The van der Waals surface area contributed by atoms with Crippen molar-refractivity contribution in [2.24, 2.45) is 0 Å². The second-order valence-corrected chi connectivity index (χ2v) is 8.54. The molecule has 0 spiro atoms. The number of halogens is 1. The Morgan fingerprint density at radius 3 is 2.30 bits per heavy atom. The van der Waals surface area contributed by atoms with E-state index in [-0.39, 0.29) is 10.8 Å². The van der Waals surface area contributed by atoms with E-state index in [0.717, 1.165) is 5.56 Å². The fourth-order valence-electron chi connectivity index (χ4n) is 2.80. The average molecular weight is 409 g/mol. The van der Waals surface area contributed by atoms with Crippen LogP contribution >= 0.6 is 11.6 Å². The molecule has 0 radical (unpaired) electrons. The maximum absolute atomic E-state index is 12.8. The van der Waals surface area contributed by atoms with Crippen molar-refractivity contribution in [3.63, 3.8) is 0 Å². The molecule has 7 heteroatoms. The van der Waals surface area contributed by atoms with Gasteiger partial charge in [0.1, 0.15) is 0 Å². The molecule has 0 aliphatic carbocycles. The summed E-state index contributed by atoms with van der Waals surface area (Å²) in [5, 5.41) is 3.51. The first-order chi connectivity index (χ1) is 12.8. The van der Waals surface area contributed by atoms with E-state index in [1.54, 1.807) is 32.9 Å². The van der Waals surface area contributed by atoms with Gasteiger partial charge >= 0.3 is 0 Å². The molecule has 2 aromatic carbocycles. The van der Waals surface area contributed by atoms with E-state index in [1.807, 2.05) is 24.3 Å². The molecule has 0 aliphatic heterocycles. The maximum Gasteiger partial charge on any atom is 0.251 e. The highest BCUT2D eigenvalue weighted by Crippen LogP contribution is 2.21. The van der Waals surface area contributed by atoms with Crippen LogP contribution in [0.15, 0.2) is 47.4 Å². The zero-order valence-electron chi connectivity index (χ0n) is 15.8. The van der Waals surface area contributed by atoms with Crippen molar-refractivity contribution in [2.75, 3.05) is 19.6 Å². The number of carbonyl (C=O) groups excluding carboxylic acids is 1. The van der Waals surface area contributed by atoms with E-state index < -0.39 is 10.0 Å². The van der Waals surface area contributed by atoms with Gasteiger partial charge < -0.3 is 5.32 Å². The van der Waals surface area contributed by atoms with Crippen molar-refractivity contribution in [1.29, 1.82) is 0 Å². The fraction of sp³-hybridized carbons (Fsp3) is 0.350. The van der Waals surface area contributed by atoms with Crippen molar-refractivity contribution < 1.29 is 13.2 Å². The molecule has 1 amide bonds. The Hall–Kier alpha value is -1.89. The van der Waals surface area contributed by atoms with Gasteiger partial charge in [0.15, 0.2) is 0 Å². The van der Waals surface area contributed by atoms with Crippen LogP contribution in [0.25, 0.3) is 0 Å². The van der Waals surface area contributed by atoms with E-state index in [2.05, 4.69) is 5.32 Å². The Bertz CT molecular complexity index is 892. The second kappa shape index (κ2) is 9.35. The number of benzene rings is 2. The molecule has 146 valence electrons. The lowest BCUT2D eigenvalue weighted by atomic mass is 10.1. The summed E-state index contributed by atoms with van der Waals surface area (Å²) in [5.41, 5.74) is 2.02. The molecule has 0 unspecified atom stereocenters. The third-order valence-electron chi connectivity index (χ3n) is 4.39. The summed E-state index contributed by atoms with van der Waals surface area (Å²) < 4.78 is 27.0. The van der Waals surface area contributed by atoms with Crippen molar-refractivity contribution in [3.05, 3.63) is 64.2 Å². The monoisotopic (exact) mass is 408 g/mol. The van der Waals surface area contributed by atoms with Gasteiger partial charge in [0.2, 0.25) is 10.0 Å². The zero-order valence-corrected chi connectivity index (χ0v) is 17.4. The van der Waals surface area contributed by atoms with Gasteiger partial charge in [-0.15, -0.1) is 0 Å². The Kier molecular flexibility index (Phi) is 7.41. The predicted octanol–water partition coefficient (Wildman–Crippen LogP) is 3.65. The highest BCUT2D eigenvalue weighted by atomic mass is 35.5. The van der Waals surface area contributed by atoms with Gasteiger partial charge in [-0.3, -0.25) is 4.79 Å². The number of nitrogens with zero attached hydrogens (tertiary/aromatic N) is 1. The molecule has 0 atom stereocenters. The quantitative estimate of drug-likeness (QED) is 0.724. The summed E-state index contributed by atoms with van der Waals surface area (Å²) in [4.78, 5) is 12.6. The first kappa shape index (κ1) is 21.4. The summed E-state index contributed by atoms with van der Waals surface area (Å²) in [6.07, 6.45) is 0.666. The van der Waals surface area contributed by atoms with Crippen LogP contribution < -0.4 is 5.32 Å². The van der Waals surface area contributed by atoms with Crippen molar-refractivity contribution in [3.8, 4) is 0 Å². The lowest BCUT2D eigenvalue weighted by Gasteiger charge is -2.20. The summed E-state index contributed by atoms with van der Waals surface area (Å²) in [6, 6.07) is 12.2. The minimum Gasteiger partial charge on any atom is -0.352 e. The number of amides is 1. The number of aryl methyl sites for hydroxylation is 1. The molecule has 0 heterocycles. The molecule has 0 fully saturated rings. The molecule has 0 aromatic heterocycles. The summed E-state index contributed by atoms with van der Waals surface area (Å²) in [6.45, 7) is 6.55. The Morgan fingerprint density at radius 1 is 1.07 bits per heavy atom. The van der Waals surface area contributed by atoms with Gasteiger partial charge in [0.05, 0.1) is 4.90 Å². The molecule has 2 rings (SSSR count). The third kappa shape index (κ3) is 5.31. The highest BCUT2D eigenvalue weighted by molar-refractivity contribution is 7.89. The van der Waals surface area contributed by atoms with E-state index in [0.29, 0.717) is 42.2 Å². The molecule has 27 heavy (non-hydrogen) atoms. The van der Waals surface area contributed by atoms with Gasteiger partial charge in [0.25, 0.3) is 5.91 Å². The van der Waals surface area contributed by atoms with Crippen molar-refractivity contribution >= 4 is 27.5 Å². The van der Waals surface area contributed by atoms with Crippen LogP contribution in [-0.4, -0.2) is 38.3 Å². The minimum atomic E-state index is -3.61. The lowest BCUT2D eigenvalue weighted by molar-refractivity contribution is 0.0954. The fourth-order valence-corrected chi connectivity index (χ4v) is 4.63. The zero-order chi connectivity index (χ0) is 20.0. The molecule has 0 aliphatic rings. The van der Waals surface area contributed by atoms with Gasteiger partial charge in [-0.2, -0.15) is 4.31 Å². The van der Waals surface area contributed by atoms with Crippen LogP contribution in [-0.2, 0) is 16.4 Å². The smallest absolute Gasteiger partial charge is 0.251 e. The van der Waals surface area contributed by atoms with Crippen molar-refractivity contribution in [1.82, 2.24) is 9.62 Å². The minimum absolute atomic E-state index is 0.177. The summed E-state index contributed by atoms with van der Waals surface area (Å²) >= 11 is 5.86. The molecular formula is C20H25ClN2O3S. The van der Waals surface area contributed by atoms with E-state index in [9.17, 15) is 13.2 Å². The molecule has 5 nitrogen and oxygen atoms in total. The topological polar surface area (TPSA) is 66.5 Å². The number of rotatable bonds is 8. The standard InChI is InChI=1S/C20H25ClN2O3S/c1-4-23(5-2)27(25,26)19-14-17(9-6-15(19)3)20(24)22-13-12-16-7-10-18(21)11-8-16/h6-11,14H,4-5,12-13H2,1-3H3,(H,22,24). The van der Waals surface area contributed by atoms with E-state index >= 15 is 0 Å². The third-order valence-corrected chi connectivity index (χ3v) is 6.83. The Labute approximate surface area is 166 Å². The van der Waals surface area contributed by atoms with Gasteiger partial charge in [-0.25, -0.2) is 8.42 Å². The van der Waals surface area contributed by atoms with E-state index in [4.69, 9.17) is 11.6 Å². The molecule has 1 N–H and O–H groups in total. The number of hydrogen-bond acceptors (Lipinski definition) is 3. The maximum atomic E-state index is 12.8. The molecule has 0 saturated heterocycles. The highest BCUT2D eigenvalue weighted by Gasteiger charge is 2.24. The van der Waals surface area contributed by atoms with Gasteiger partial charge in [-0.1, -0.05) is 43.6 Å². The summed E-state index contributed by atoms with van der Waals surface area (Å²) in [7, 11) is -3.61. The Morgan fingerprint density at radius 2 is 1.70 bits per heavy atom. The number of carbonyl (C=O) groups is 1. The number of sulfonamides is 1. The molecular weight excluding hydrogens is 384 g/mol. The largest absolute Gasteiger partial charge is 0.352 e. The average Bonchev–Trinajstić information content (AvgIpc) is 2.64. The first-order valence-corrected chi connectivity index (χ1v) is 10.7. The van der Waals surface area contributed by atoms with Gasteiger partial charge in [-0.05, 0) is 48.7 Å². The molecule has 0 bridgehead atoms. The molecule has 0 saturated carbocycles. The van der Waals surface area contributed by atoms with Crippen molar-refractivity contribution in [2.45, 2.75) is 32.1 Å². The lowest BCUT2D eigenvalue weighted by Crippen LogP contribution is -2.31. The van der Waals surface area contributed by atoms with Crippen LogP contribution in [0.1, 0.15) is 35.3 Å². The first-order valence-electron chi connectivity index (χ1n) is 8.93. The Balaban J connectivity index is 2.12. The number of hydrogen-bond donors (Lipinski definition) is 1.